The van der Waals surface area contributed by atoms with Gasteiger partial charge in [-0.25, -0.2) is 5.01 Å². The van der Waals surface area contributed by atoms with E-state index in [1.165, 1.54) is 45.4 Å². The number of nitrogens with two attached hydrogens (primary N) is 1. The van der Waals surface area contributed by atoms with Crippen molar-refractivity contribution in [3.63, 3.8) is 0 Å². The first kappa shape index (κ1) is 17.9. The Hall–Kier alpha value is -0.160. The molecule has 2 N–H and O–H groups in total. The Morgan fingerprint density at radius 1 is 1.15 bits per heavy atom. The van der Waals surface area contributed by atoms with Gasteiger partial charge in [-0.3, -0.25) is 5.84 Å². The van der Waals surface area contributed by atoms with E-state index in [4.69, 9.17) is 5.84 Å². The first-order valence-corrected chi connectivity index (χ1v) is 8.40. The molecule has 2 heterocycles. The van der Waals surface area contributed by atoms with Crippen LogP contribution in [0.1, 0.15) is 40.0 Å². The average Bonchev–Trinajstić information content (AvgIpc) is 2.40. The van der Waals surface area contributed by atoms with E-state index in [1.54, 1.807) is 0 Å². The molecule has 0 unspecified atom stereocenters. The van der Waals surface area contributed by atoms with Gasteiger partial charge in [0.1, 0.15) is 0 Å². The molecule has 120 valence electrons. The molecule has 0 atom stereocenters. The van der Waals surface area contributed by atoms with Crippen molar-refractivity contribution in [3.8, 4) is 0 Å². The van der Waals surface area contributed by atoms with Gasteiger partial charge in [0.15, 0.2) is 0 Å². The van der Waals surface area contributed by atoms with E-state index in [1.807, 2.05) is 18.9 Å². The highest BCUT2D eigenvalue weighted by Crippen LogP contribution is 2.35. The molecular formula is C16H36N4. The van der Waals surface area contributed by atoms with Crippen LogP contribution in [-0.4, -0.2) is 68.2 Å². The van der Waals surface area contributed by atoms with Crippen molar-refractivity contribution < 1.29 is 0 Å². The summed E-state index contributed by atoms with van der Waals surface area (Å²) in [7, 11) is 4.38. The van der Waals surface area contributed by atoms with E-state index < -0.39 is 0 Å². The van der Waals surface area contributed by atoms with E-state index in [0.29, 0.717) is 5.41 Å². The van der Waals surface area contributed by atoms with Gasteiger partial charge in [-0.15, -0.1) is 0 Å². The zero-order chi connectivity index (χ0) is 15.2. The van der Waals surface area contributed by atoms with Crippen LogP contribution in [0.15, 0.2) is 0 Å². The fourth-order valence-electron chi connectivity index (χ4n) is 3.64. The Morgan fingerprint density at radius 2 is 1.70 bits per heavy atom. The molecule has 0 saturated carbocycles. The molecule has 2 aliphatic rings. The minimum atomic E-state index is 0.568. The zero-order valence-corrected chi connectivity index (χ0v) is 14.4. The van der Waals surface area contributed by atoms with E-state index in [2.05, 4.69) is 30.8 Å². The second-order valence-electron chi connectivity index (χ2n) is 6.74. The number of rotatable bonds is 5. The van der Waals surface area contributed by atoms with E-state index in [-0.39, 0.29) is 0 Å². The SMILES string of the molecule is CC.CCC1(CN(C)C)CN(CC2CCN(N)CC2)C1. The zero-order valence-electron chi connectivity index (χ0n) is 14.4. The van der Waals surface area contributed by atoms with Crippen LogP contribution >= 0.6 is 0 Å². The Bertz CT molecular complexity index is 253. The predicted molar refractivity (Wildman–Crippen MR) is 87.6 cm³/mol. The highest BCUT2D eigenvalue weighted by atomic mass is 15.4. The van der Waals surface area contributed by atoms with Crippen LogP contribution in [0.2, 0.25) is 0 Å². The average molecular weight is 284 g/mol. The van der Waals surface area contributed by atoms with Gasteiger partial charge in [-0.1, -0.05) is 20.8 Å². The monoisotopic (exact) mass is 284 g/mol. The van der Waals surface area contributed by atoms with Crippen LogP contribution in [-0.2, 0) is 0 Å². The molecule has 4 nitrogen and oxygen atoms in total. The number of hydrogen-bond donors (Lipinski definition) is 1. The molecule has 0 aliphatic carbocycles. The van der Waals surface area contributed by atoms with Gasteiger partial charge in [-0.05, 0) is 39.3 Å². The number of hydrazine groups is 1. The summed E-state index contributed by atoms with van der Waals surface area (Å²) < 4.78 is 0. The molecule has 2 fully saturated rings. The summed E-state index contributed by atoms with van der Waals surface area (Å²) in [6.45, 7) is 13.6. The van der Waals surface area contributed by atoms with Gasteiger partial charge in [0.2, 0.25) is 0 Å². The summed E-state index contributed by atoms with van der Waals surface area (Å²) in [6, 6.07) is 0. The molecule has 2 aliphatic heterocycles. The number of hydrogen-bond acceptors (Lipinski definition) is 4. The van der Waals surface area contributed by atoms with Crippen molar-refractivity contribution in [1.29, 1.82) is 0 Å². The summed E-state index contributed by atoms with van der Waals surface area (Å²) in [5, 5.41) is 1.97. The minimum Gasteiger partial charge on any atom is -0.309 e. The third-order valence-electron chi connectivity index (χ3n) is 4.69. The van der Waals surface area contributed by atoms with Crippen molar-refractivity contribution in [1.82, 2.24) is 14.8 Å². The second kappa shape index (κ2) is 8.32. The van der Waals surface area contributed by atoms with Gasteiger partial charge in [-0.2, -0.15) is 0 Å². The summed E-state index contributed by atoms with van der Waals surface area (Å²) in [5.41, 5.74) is 0.568. The summed E-state index contributed by atoms with van der Waals surface area (Å²) in [6.07, 6.45) is 3.86. The van der Waals surface area contributed by atoms with Crippen molar-refractivity contribution in [2.45, 2.75) is 40.0 Å². The van der Waals surface area contributed by atoms with Crippen LogP contribution in [0.25, 0.3) is 0 Å². The normalized spacial score (nSPS) is 24.1. The van der Waals surface area contributed by atoms with Crippen molar-refractivity contribution in [2.75, 3.05) is 53.4 Å². The van der Waals surface area contributed by atoms with Gasteiger partial charge >= 0.3 is 0 Å². The molecule has 20 heavy (non-hydrogen) atoms. The molecule has 4 heteroatoms. The first-order chi connectivity index (χ1) is 9.53. The molecule has 0 aromatic carbocycles. The maximum absolute atomic E-state index is 5.81. The van der Waals surface area contributed by atoms with Crippen LogP contribution in [0, 0.1) is 11.3 Å². The van der Waals surface area contributed by atoms with Gasteiger partial charge in [0.05, 0.1) is 0 Å². The lowest BCUT2D eigenvalue weighted by molar-refractivity contribution is -0.0341. The molecule has 0 aromatic heterocycles. The standard InChI is InChI=1S/C14H30N4.C2H6/c1-4-14(10-16(2)3)11-17(12-14)9-13-5-7-18(15)8-6-13;1-2/h13H,4-12,15H2,1-3H3;1-2H3. The highest BCUT2D eigenvalue weighted by molar-refractivity contribution is 4.96. The number of likely N-dealkylation sites (tertiary alicyclic amines) is 1. The minimum absolute atomic E-state index is 0.568. The molecular weight excluding hydrogens is 248 g/mol. The fraction of sp³-hybridized carbons (Fsp3) is 1.00. The van der Waals surface area contributed by atoms with Crippen LogP contribution < -0.4 is 5.84 Å². The topological polar surface area (TPSA) is 35.7 Å². The highest BCUT2D eigenvalue weighted by Gasteiger charge is 2.42. The molecule has 0 amide bonds. The summed E-state index contributed by atoms with van der Waals surface area (Å²) in [5.74, 6) is 6.68. The van der Waals surface area contributed by atoms with E-state index in [9.17, 15) is 0 Å². The molecule has 0 spiro atoms. The van der Waals surface area contributed by atoms with Crippen LogP contribution in [0.3, 0.4) is 0 Å². The second-order valence-corrected chi connectivity index (χ2v) is 6.74. The maximum atomic E-state index is 5.81. The van der Waals surface area contributed by atoms with E-state index in [0.717, 1.165) is 19.0 Å². The molecule has 2 rings (SSSR count). The number of nitrogens with zero attached hydrogens (tertiary/aromatic N) is 3. The quantitative estimate of drug-likeness (QED) is 0.782. The van der Waals surface area contributed by atoms with Gasteiger partial charge < -0.3 is 9.80 Å². The Labute approximate surface area is 126 Å². The third kappa shape index (κ3) is 4.99. The molecule has 0 bridgehead atoms. The van der Waals surface area contributed by atoms with E-state index >= 15 is 0 Å². The lowest BCUT2D eigenvalue weighted by atomic mass is 9.76. The van der Waals surface area contributed by atoms with Crippen LogP contribution in [0.5, 0.6) is 0 Å². The van der Waals surface area contributed by atoms with Gasteiger partial charge in [0.25, 0.3) is 0 Å². The maximum Gasteiger partial charge on any atom is 0.0131 e. The summed E-state index contributed by atoms with van der Waals surface area (Å²) in [4.78, 5) is 5.00. The summed E-state index contributed by atoms with van der Waals surface area (Å²) >= 11 is 0. The lowest BCUT2D eigenvalue weighted by Crippen LogP contribution is -2.61. The van der Waals surface area contributed by atoms with Crippen molar-refractivity contribution in [2.24, 2.45) is 17.2 Å². The Balaban J connectivity index is 0.000000956. The van der Waals surface area contributed by atoms with Crippen molar-refractivity contribution in [3.05, 3.63) is 0 Å². The number of piperidine rings is 1. The smallest absolute Gasteiger partial charge is 0.0131 e. The lowest BCUT2D eigenvalue weighted by Gasteiger charge is -2.52. The predicted octanol–water partition coefficient (Wildman–Crippen LogP) is 1.87. The van der Waals surface area contributed by atoms with Crippen LogP contribution in [0.4, 0.5) is 0 Å². The molecule has 0 aromatic rings. The van der Waals surface area contributed by atoms with Crippen molar-refractivity contribution >= 4 is 0 Å². The first-order valence-electron chi connectivity index (χ1n) is 8.40. The third-order valence-corrected chi connectivity index (χ3v) is 4.69. The largest absolute Gasteiger partial charge is 0.309 e. The van der Waals surface area contributed by atoms with Gasteiger partial charge in [0, 0.05) is 44.7 Å². The molecule has 2 saturated heterocycles. The Morgan fingerprint density at radius 3 is 2.15 bits per heavy atom. The molecule has 0 radical (unpaired) electrons. The fourth-order valence-corrected chi connectivity index (χ4v) is 3.64. The Kier molecular flexibility index (Phi) is 7.45.